The van der Waals surface area contributed by atoms with Crippen molar-refractivity contribution >= 4 is 5.91 Å². The molecule has 1 aliphatic rings. The summed E-state index contributed by atoms with van der Waals surface area (Å²) in [7, 11) is 0. The molecule has 1 fully saturated rings. The van der Waals surface area contributed by atoms with Gasteiger partial charge in [0.05, 0.1) is 6.54 Å². The molecule has 110 valence electrons. The highest BCUT2D eigenvalue weighted by Crippen LogP contribution is 2.17. The fourth-order valence-corrected chi connectivity index (χ4v) is 2.67. The van der Waals surface area contributed by atoms with Crippen molar-refractivity contribution in [1.82, 2.24) is 10.6 Å². The van der Waals surface area contributed by atoms with E-state index in [1.54, 1.807) is 6.07 Å². The molecule has 3 nitrogen and oxygen atoms in total. The fraction of sp³-hybridized carbons (Fsp3) is 0.562. The second-order valence-corrected chi connectivity index (χ2v) is 5.56. The van der Waals surface area contributed by atoms with Gasteiger partial charge < -0.3 is 10.6 Å². The minimum Gasteiger partial charge on any atom is -0.352 e. The van der Waals surface area contributed by atoms with E-state index in [-0.39, 0.29) is 24.3 Å². The third-order valence-electron chi connectivity index (χ3n) is 3.89. The normalized spacial score (nSPS) is 17.7. The van der Waals surface area contributed by atoms with Crippen LogP contribution in [-0.2, 0) is 4.79 Å². The van der Waals surface area contributed by atoms with Gasteiger partial charge in [-0.3, -0.25) is 4.79 Å². The summed E-state index contributed by atoms with van der Waals surface area (Å²) in [6.45, 7) is 2.21. The standard InChI is InChI=1S/C16H23FN2O/c1-12(13-6-5-7-14(17)10-13)18-11-16(20)19-15-8-3-2-4-9-15/h5-7,10,12,15,18H,2-4,8-9,11H2,1H3,(H,19,20)/t12-/m1/s1. The maximum absolute atomic E-state index is 13.1. The molecule has 0 radical (unpaired) electrons. The molecule has 2 N–H and O–H groups in total. The van der Waals surface area contributed by atoms with E-state index in [1.807, 2.05) is 13.0 Å². The van der Waals surface area contributed by atoms with Crippen molar-refractivity contribution in [3.8, 4) is 0 Å². The van der Waals surface area contributed by atoms with Crippen molar-refractivity contribution < 1.29 is 9.18 Å². The molecule has 0 spiro atoms. The zero-order chi connectivity index (χ0) is 14.4. The molecule has 1 aliphatic carbocycles. The van der Waals surface area contributed by atoms with Crippen LogP contribution in [0.15, 0.2) is 24.3 Å². The zero-order valence-corrected chi connectivity index (χ0v) is 12.0. The first-order chi connectivity index (χ1) is 9.65. The first kappa shape index (κ1) is 15.0. The lowest BCUT2D eigenvalue weighted by Gasteiger charge is -2.23. The monoisotopic (exact) mass is 278 g/mol. The van der Waals surface area contributed by atoms with Crippen LogP contribution in [0, 0.1) is 5.82 Å². The molecular weight excluding hydrogens is 255 g/mol. The largest absolute Gasteiger partial charge is 0.352 e. The summed E-state index contributed by atoms with van der Waals surface area (Å²) in [5.74, 6) is -0.219. The maximum Gasteiger partial charge on any atom is 0.234 e. The Morgan fingerprint density at radius 1 is 1.35 bits per heavy atom. The van der Waals surface area contributed by atoms with Crippen LogP contribution in [0.4, 0.5) is 4.39 Å². The van der Waals surface area contributed by atoms with Crippen LogP contribution in [-0.4, -0.2) is 18.5 Å². The minimum atomic E-state index is -0.247. The number of hydrogen-bond acceptors (Lipinski definition) is 2. The van der Waals surface area contributed by atoms with Crippen molar-refractivity contribution in [2.45, 2.75) is 51.1 Å². The molecule has 4 heteroatoms. The van der Waals surface area contributed by atoms with Crippen molar-refractivity contribution in [1.29, 1.82) is 0 Å². The van der Waals surface area contributed by atoms with Crippen LogP contribution in [0.3, 0.4) is 0 Å². The Hall–Kier alpha value is -1.42. The molecule has 0 saturated heterocycles. The molecule has 0 aromatic heterocycles. The first-order valence-corrected chi connectivity index (χ1v) is 7.43. The van der Waals surface area contributed by atoms with E-state index in [9.17, 15) is 9.18 Å². The van der Waals surface area contributed by atoms with Gasteiger partial charge in [0.1, 0.15) is 5.82 Å². The lowest BCUT2D eigenvalue weighted by molar-refractivity contribution is -0.121. The zero-order valence-electron chi connectivity index (χ0n) is 12.0. The second-order valence-electron chi connectivity index (χ2n) is 5.56. The van der Waals surface area contributed by atoms with Crippen molar-refractivity contribution in [2.75, 3.05) is 6.54 Å². The minimum absolute atomic E-state index is 0.0279. The highest BCUT2D eigenvalue weighted by molar-refractivity contribution is 5.78. The van der Waals surface area contributed by atoms with Gasteiger partial charge in [0, 0.05) is 12.1 Å². The van der Waals surface area contributed by atoms with Gasteiger partial charge in [-0.2, -0.15) is 0 Å². The molecule has 1 aromatic rings. The quantitative estimate of drug-likeness (QED) is 0.869. The van der Waals surface area contributed by atoms with E-state index < -0.39 is 0 Å². The summed E-state index contributed by atoms with van der Waals surface area (Å²) >= 11 is 0. The number of amides is 1. The Bertz CT molecular complexity index is 444. The fourth-order valence-electron chi connectivity index (χ4n) is 2.67. The van der Waals surface area contributed by atoms with Crippen LogP contribution in [0.25, 0.3) is 0 Å². The number of benzene rings is 1. The summed E-state index contributed by atoms with van der Waals surface area (Å²) < 4.78 is 13.1. The lowest BCUT2D eigenvalue weighted by atomic mass is 9.95. The number of rotatable bonds is 5. The lowest BCUT2D eigenvalue weighted by Crippen LogP contribution is -2.41. The molecule has 0 aliphatic heterocycles. The van der Waals surface area contributed by atoms with Crippen LogP contribution in [0.5, 0.6) is 0 Å². The molecule has 1 atom stereocenters. The van der Waals surface area contributed by atoms with Gasteiger partial charge in [-0.25, -0.2) is 4.39 Å². The van der Waals surface area contributed by atoms with E-state index in [2.05, 4.69) is 10.6 Å². The first-order valence-electron chi connectivity index (χ1n) is 7.43. The van der Waals surface area contributed by atoms with Gasteiger partial charge in [-0.15, -0.1) is 0 Å². The molecule has 2 rings (SSSR count). The van der Waals surface area contributed by atoms with Crippen molar-refractivity contribution in [3.05, 3.63) is 35.6 Å². The van der Waals surface area contributed by atoms with E-state index in [0.29, 0.717) is 6.04 Å². The Morgan fingerprint density at radius 2 is 2.10 bits per heavy atom. The number of hydrogen-bond donors (Lipinski definition) is 2. The average molecular weight is 278 g/mol. The summed E-state index contributed by atoms with van der Waals surface area (Å²) in [4.78, 5) is 11.9. The summed E-state index contributed by atoms with van der Waals surface area (Å²) in [6.07, 6.45) is 5.87. The molecule has 20 heavy (non-hydrogen) atoms. The topological polar surface area (TPSA) is 41.1 Å². The predicted molar refractivity (Wildman–Crippen MR) is 77.8 cm³/mol. The number of carbonyl (C=O) groups is 1. The Balaban J connectivity index is 1.75. The molecule has 1 amide bonds. The summed E-state index contributed by atoms with van der Waals surface area (Å²) in [5.41, 5.74) is 0.857. The third kappa shape index (κ3) is 4.60. The Kier molecular flexibility index (Phi) is 5.53. The van der Waals surface area contributed by atoms with Crippen LogP contribution < -0.4 is 10.6 Å². The maximum atomic E-state index is 13.1. The highest BCUT2D eigenvalue weighted by Gasteiger charge is 2.16. The van der Waals surface area contributed by atoms with Crippen molar-refractivity contribution in [3.63, 3.8) is 0 Å². The smallest absolute Gasteiger partial charge is 0.234 e. The van der Waals surface area contributed by atoms with Crippen molar-refractivity contribution in [2.24, 2.45) is 0 Å². The van der Waals surface area contributed by atoms with Crippen LogP contribution >= 0.6 is 0 Å². The highest BCUT2D eigenvalue weighted by atomic mass is 19.1. The van der Waals surface area contributed by atoms with Crippen LogP contribution in [0.1, 0.15) is 50.6 Å². The Labute approximate surface area is 120 Å². The predicted octanol–water partition coefficient (Wildman–Crippen LogP) is 2.93. The summed E-state index contributed by atoms with van der Waals surface area (Å²) in [6, 6.07) is 6.76. The van der Waals surface area contributed by atoms with E-state index in [1.165, 1.54) is 31.4 Å². The molecule has 0 bridgehead atoms. The molecule has 0 unspecified atom stereocenters. The molecule has 0 heterocycles. The van der Waals surface area contributed by atoms with E-state index in [4.69, 9.17) is 0 Å². The van der Waals surface area contributed by atoms with Gasteiger partial charge >= 0.3 is 0 Å². The average Bonchev–Trinajstić information content (AvgIpc) is 2.46. The second kappa shape index (κ2) is 7.39. The van der Waals surface area contributed by atoms with E-state index in [0.717, 1.165) is 18.4 Å². The third-order valence-corrected chi connectivity index (χ3v) is 3.89. The SMILES string of the molecule is C[C@@H](NCC(=O)NC1CCCCC1)c1cccc(F)c1. The molecule has 1 aromatic carbocycles. The number of carbonyl (C=O) groups excluding carboxylic acids is 1. The number of nitrogens with one attached hydrogen (secondary N) is 2. The van der Waals surface area contributed by atoms with Gasteiger partial charge in [0.15, 0.2) is 0 Å². The molecular formula is C16H23FN2O. The summed E-state index contributed by atoms with van der Waals surface area (Å²) in [5, 5.41) is 6.20. The number of halogens is 1. The van der Waals surface area contributed by atoms with Gasteiger partial charge in [0.2, 0.25) is 5.91 Å². The van der Waals surface area contributed by atoms with Gasteiger partial charge in [-0.1, -0.05) is 31.4 Å². The van der Waals surface area contributed by atoms with Crippen LogP contribution in [0.2, 0.25) is 0 Å². The van der Waals surface area contributed by atoms with Gasteiger partial charge in [0.25, 0.3) is 0 Å². The molecule has 1 saturated carbocycles. The Morgan fingerprint density at radius 3 is 2.80 bits per heavy atom. The van der Waals surface area contributed by atoms with Gasteiger partial charge in [-0.05, 0) is 37.5 Å². The van der Waals surface area contributed by atoms with E-state index >= 15 is 0 Å².